The number of nitrogens with zero attached hydrogens (tertiary/aromatic N) is 1. The maximum Gasteiger partial charge on any atom is 0.319 e. The molecule has 0 unspecified atom stereocenters. The molecule has 2 aromatic carbocycles. The van der Waals surface area contributed by atoms with Crippen LogP contribution in [0.15, 0.2) is 53.4 Å². The Morgan fingerprint density at radius 3 is 2.50 bits per heavy atom. The second kappa shape index (κ2) is 9.38. The number of hydrogen-bond donors (Lipinski definition) is 2. The topological polar surface area (TPSA) is 87.7 Å². The Labute approximate surface area is 169 Å². The predicted octanol–water partition coefficient (Wildman–Crippen LogP) is 2.73. The molecule has 2 N–H and O–H groups in total. The average Bonchev–Trinajstić information content (AvgIpc) is 2.69. The molecule has 0 atom stereocenters. The molecule has 0 spiro atoms. The minimum absolute atomic E-state index is 0.268. The number of halogens is 1. The van der Waals surface area contributed by atoms with Crippen molar-refractivity contribution in [3.05, 3.63) is 59.1 Å². The maximum atomic E-state index is 12.6. The number of carbonyl (C=O) groups excluding carboxylic acids is 1. The van der Waals surface area contributed by atoms with E-state index in [-0.39, 0.29) is 10.9 Å². The van der Waals surface area contributed by atoms with Gasteiger partial charge in [-0.25, -0.2) is 13.2 Å². The van der Waals surface area contributed by atoms with Crippen LogP contribution in [-0.2, 0) is 21.2 Å². The third kappa shape index (κ3) is 5.45. The Balaban J connectivity index is 1.49. The summed E-state index contributed by atoms with van der Waals surface area (Å²) in [4.78, 5) is 12.2. The summed E-state index contributed by atoms with van der Waals surface area (Å²) in [6.45, 7) is 1.99. The Morgan fingerprint density at radius 1 is 1.11 bits per heavy atom. The first-order valence-corrected chi connectivity index (χ1v) is 10.7. The second-order valence-corrected chi connectivity index (χ2v) is 8.68. The molecular formula is C19H22ClN3O4S. The van der Waals surface area contributed by atoms with Gasteiger partial charge in [0, 0.05) is 30.3 Å². The van der Waals surface area contributed by atoms with Crippen LogP contribution in [0.2, 0.25) is 5.02 Å². The quantitative estimate of drug-likeness (QED) is 0.747. The van der Waals surface area contributed by atoms with E-state index in [1.165, 1.54) is 4.31 Å². The van der Waals surface area contributed by atoms with Gasteiger partial charge in [0.2, 0.25) is 10.0 Å². The van der Waals surface area contributed by atoms with Gasteiger partial charge in [0.25, 0.3) is 0 Å². The number of nitrogens with one attached hydrogen (secondary N) is 2. The van der Waals surface area contributed by atoms with E-state index >= 15 is 0 Å². The first-order valence-electron chi connectivity index (χ1n) is 8.92. The monoisotopic (exact) mass is 423 g/mol. The van der Waals surface area contributed by atoms with Crippen LogP contribution in [0.4, 0.5) is 10.5 Å². The van der Waals surface area contributed by atoms with Gasteiger partial charge in [-0.05, 0) is 42.3 Å². The number of ether oxygens (including phenoxy) is 1. The van der Waals surface area contributed by atoms with Crippen molar-refractivity contribution in [2.45, 2.75) is 11.3 Å². The summed E-state index contributed by atoms with van der Waals surface area (Å²) in [5.74, 6) is 0. The van der Waals surface area contributed by atoms with Crippen molar-refractivity contribution in [3.8, 4) is 0 Å². The molecule has 1 aliphatic rings. The lowest BCUT2D eigenvalue weighted by atomic mass is 10.1. The second-order valence-electron chi connectivity index (χ2n) is 6.30. The first kappa shape index (κ1) is 20.6. The molecule has 0 radical (unpaired) electrons. The lowest BCUT2D eigenvalue weighted by molar-refractivity contribution is 0.0730. The number of urea groups is 1. The van der Waals surface area contributed by atoms with E-state index in [4.69, 9.17) is 16.3 Å². The molecular weight excluding hydrogens is 402 g/mol. The number of morpholine rings is 1. The van der Waals surface area contributed by atoms with Crippen molar-refractivity contribution in [2.24, 2.45) is 0 Å². The highest BCUT2D eigenvalue weighted by atomic mass is 35.5. The zero-order chi connectivity index (χ0) is 20.0. The van der Waals surface area contributed by atoms with Crippen LogP contribution < -0.4 is 10.6 Å². The molecule has 0 aliphatic carbocycles. The van der Waals surface area contributed by atoms with Gasteiger partial charge < -0.3 is 15.4 Å². The minimum Gasteiger partial charge on any atom is -0.379 e. The lowest BCUT2D eigenvalue weighted by Crippen LogP contribution is -2.40. The number of carbonyl (C=O) groups is 1. The van der Waals surface area contributed by atoms with E-state index in [0.29, 0.717) is 50.0 Å². The van der Waals surface area contributed by atoms with Crippen LogP contribution in [0.1, 0.15) is 5.56 Å². The van der Waals surface area contributed by atoms with Crippen molar-refractivity contribution in [2.75, 3.05) is 38.2 Å². The summed E-state index contributed by atoms with van der Waals surface area (Å²) in [6.07, 6.45) is 0.584. The molecule has 1 fully saturated rings. The van der Waals surface area contributed by atoms with E-state index in [9.17, 15) is 13.2 Å². The molecule has 3 rings (SSSR count). The van der Waals surface area contributed by atoms with Gasteiger partial charge in [-0.1, -0.05) is 29.8 Å². The largest absolute Gasteiger partial charge is 0.379 e. The zero-order valence-electron chi connectivity index (χ0n) is 15.2. The van der Waals surface area contributed by atoms with Crippen LogP contribution in [0, 0.1) is 0 Å². The van der Waals surface area contributed by atoms with Gasteiger partial charge in [-0.15, -0.1) is 0 Å². The SMILES string of the molecule is O=C(NCCc1ccc(S(=O)(=O)N2CCOCC2)cc1)Nc1cccc(Cl)c1. The number of anilines is 1. The van der Waals surface area contributed by atoms with Crippen LogP contribution in [-0.4, -0.2) is 51.6 Å². The molecule has 150 valence electrons. The van der Waals surface area contributed by atoms with Crippen LogP contribution in [0.3, 0.4) is 0 Å². The van der Waals surface area contributed by atoms with Gasteiger partial charge in [-0.3, -0.25) is 0 Å². The molecule has 28 heavy (non-hydrogen) atoms. The highest BCUT2D eigenvalue weighted by Crippen LogP contribution is 2.18. The minimum atomic E-state index is -3.49. The van der Waals surface area contributed by atoms with Crippen molar-refractivity contribution in [1.82, 2.24) is 9.62 Å². The molecule has 2 aromatic rings. The smallest absolute Gasteiger partial charge is 0.319 e. The number of hydrogen-bond acceptors (Lipinski definition) is 4. The third-order valence-electron chi connectivity index (χ3n) is 4.31. The molecule has 1 heterocycles. The molecule has 0 saturated carbocycles. The van der Waals surface area contributed by atoms with Crippen molar-refractivity contribution in [1.29, 1.82) is 0 Å². The highest BCUT2D eigenvalue weighted by Gasteiger charge is 2.25. The fourth-order valence-electron chi connectivity index (χ4n) is 2.83. The summed E-state index contributed by atoms with van der Waals surface area (Å²) in [5.41, 5.74) is 1.55. The van der Waals surface area contributed by atoms with Crippen molar-refractivity contribution < 1.29 is 17.9 Å². The van der Waals surface area contributed by atoms with Gasteiger partial charge in [-0.2, -0.15) is 4.31 Å². The summed E-state index contributed by atoms with van der Waals surface area (Å²) < 4.78 is 31.8. The summed E-state index contributed by atoms with van der Waals surface area (Å²) in [7, 11) is -3.49. The Hall–Kier alpha value is -2.13. The number of benzene rings is 2. The zero-order valence-corrected chi connectivity index (χ0v) is 16.8. The first-order chi connectivity index (χ1) is 13.4. The normalized spacial score (nSPS) is 15.2. The Kier molecular flexibility index (Phi) is 6.90. The fraction of sp³-hybridized carbons (Fsp3) is 0.316. The molecule has 1 saturated heterocycles. The molecule has 0 aromatic heterocycles. The van der Waals surface area contributed by atoms with Crippen molar-refractivity contribution in [3.63, 3.8) is 0 Å². The maximum absolute atomic E-state index is 12.6. The van der Waals surface area contributed by atoms with Gasteiger partial charge in [0.1, 0.15) is 0 Å². The third-order valence-corrected chi connectivity index (χ3v) is 6.46. The number of sulfonamides is 1. The Bertz CT molecular complexity index is 913. The summed E-state index contributed by atoms with van der Waals surface area (Å²) in [6, 6.07) is 13.3. The molecule has 2 amide bonds. The van der Waals surface area contributed by atoms with Gasteiger partial charge in [0.05, 0.1) is 18.1 Å². The Morgan fingerprint density at radius 2 is 1.82 bits per heavy atom. The van der Waals surface area contributed by atoms with E-state index in [1.54, 1.807) is 48.5 Å². The van der Waals surface area contributed by atoms with Crippen LogP contribution >= 0.6 is 11.6 Å². The molecule has 7 nitrogen and oxygen atoms in total. The molecule has 0 bridgehead atoms. The standard InChI is InChI=1S/C19H22ClN3O4S/c20-16-2-1-3-17(14-16)22-19(24)21-9-8-15-4-6-18(7-5-15)28(25,26)23-10-12-27-13-11-23/h1-7,14H,8-13H2,(H2,21,22,24). The lowest BCUT2D eigenvalue weighted by Gasteiger charge is -2.26. The molecule has 1 aliphatic heterocycles. The number of amides is 2. The highest BCUT2D eigenvalue weighted by molar-refractivity contribution is 7.89. The predicted molar refractivity (Wildman–Crippen MR) is 108 cm³/mol. The van der Waals surface area contributed by atoms with E-state index in [2.05, 4.69) is 10.6 Å². The van der Waals surface area contributed by atoms with Crippen molar-refractivity contribution >= 4 is 33.3 Å². The molecule has 9 heteroatoms. The fourth-order valence-corrected chi connectivity index (χ4v) is 4.42. The van der Waals surface area contributed by atoms with Crippen LogP contribution in [0.5, 0.6) is 0 Å². The van der Waals surface area contributed by atoms with E-state index < -0.39 is 10.0 Å². The summed E-state index contributed by atoms with van der Waals surface area (Å²) >= 11 is 5.88. The van der Waals surface area contributed by atoms with E-state index in [0.717, 1.165) is 5.56 Å². The van der Waals surface area contributed by atoms with Crippen LogP contribution in [0.25, 0.3) is 0 Å². The number of rotatable bonds is 6. The van der Waals surface area contributed by atoms with E-state index in [1.807, 2.05) is 0 Å². The van der Waals surface area contributed by atoms with Gasteiger partial charge >= 0.3 is 6.03 Å². The average molecular weight is 424 g/mol. The summed E-state index contributed by atoms with van der Waals surface area (Å²) in [5, 5.41) is 6.01. The van der Waals surface area contributed by atoms with Gasteiger partial charge in [0.15, 0.2) is 0 Å².